The predicted molar refractivity (Wildman–Crippen MR) is 210 cm³/mol. The Labute approximate surface area is 337 Å². The summed E-state index contributed by atoms with van der Waals surface area (Å²) in [4.78, 5) is 92.3. The van der Waals surface area contributed by atoms with Crippen molar-refractivity contribution in [2.24, 2.45) is 5.73 Å². The van der Waals surface area contributed by atoms with Crippen molar-refractivity contribution in [1.82, 2.24) is 35.6 Å². The molecule has 0 saturated carbocycles. The number of carbonyl (C=O) groups is 7. The second-order valence-corrected chi connectivity index (χ2v) is 13.8. The number of unbranched alkanes of at least 4 members (excludes halogenated alkanes) is 1. The van der Waals surface area contributed by atoms with Gasteiger partial charge in [-0.3, -0.25) is 48.4 Å². The van der Waals surface area contributed by atoms with Gasteiger partial charge in [0.25, 0.3) is 18.9 Å². The van der Waals surface area contributed by atoms with E-state index >= 15 is 0 Å². The molecule has 0 aliphatic carbocycles. The molecule has 7 N–H and O–H groups in total. The lowest BCUT2D eigenvalue weighted by atomic mass is 10.0. The summed E-state index contributed by atoms with van der Waals surface area (Å²) < 4.78 is 10.0. The number of aliphatic carboxylic acids is 2. The van der Waals surface area contributed by atoms with Crippen LogP contribution in [-0.4, -0.2) is 170 Å². The summed E-state index contributed by atoms with van der Waals surface area (Å²) >= 11 is 0. The van der Waals surface area contributed by atoms with E-state index in [1.54, 1.807) is 48.5 Å². The number of hydrogen-bond acceptors (Lipinski definition) is 14. The maximum atomic E-state index is 13.5. The normalized spacial score (nSPS) is 16.0. The highest BCUT2D eigenvalue weighted by molar-refractivity contribution is 5.98. The number of nitrogens with zero attached hydrogens (tertiary/aromatic N) is 4. The number of amides is 3. The zero-order chi connectivity index (χ0) is 42.1. The summed E-state index contributed by atoms with van der Waals surface area (Å²) in [5.41, 5.74) is 7.41. The number of carboxylic acids is 2. The van der Waals surface area contributed by atoms with Crippen molar-refractivity contribution in [1.29, 1.82) is 0 Å². The van der Waals surface area contributed by atoms with Crippen LogP contribution in [0.3, 0.4) is 0 Å². The minimum atomic E-state index is -1.19. The Bertz CT molecular complexity index is 1600. The zero-order valence-electron chi connectivity index (χ0n) is 32.7. The molecule has 58 heavy (non-hydrogen) atoms. The Morgan fingerprint density at radius 2 is 1.28 bits per heavy atom. The first-order chi connectivity index (χ1) is 28.0. The third-order valence-corrected chi connectivity index (χ3v) is 9.47. The molecule has 0 spiro atoms. The van der Waals surface area contributed by atoms with Crippen LogP contribution in [-0.2, 0) is 51.2 Å². The number of ether oxygens (including phenoxy) is 2. The van der Waals surface area contributed by atoms with Crippen LogP contribution < -0.4 is 21.7 Å². The lowest BCUT2D eigenvalue weighted by molar-refractivity contribution is -0.142. The van der Waals surface area contributed by atoms with Gasteiger partial charge in [0.05, 0.1) is 13.1 Å². The van der Waals surface area contributed by atoms with Crippen molar-refractivity contribution >= 4 is 42.6 Å². The molecule has 19 heteroatoms. The molecule has 0 radical (unpaired) electrons. The first kappa shape index (κ1) is 46.9. The van der Waals surface area contributed by atoms with Crippen molar-refractivity contribution < 1.29 is 53.2 Å². The molecule has 2 unspecified atom stereocenters. The highest BCUT2D eigenvalue weighted by atomic mass is 16.5. The van der Waals surface area contributed by atoms with Crippen LogP contribution in [0.4, 0.5) is 0 Å². The highest BCUT2D eigenvalue weighted by Crippen LogP contribution is 2.11. The number of nitrogens with one attached hydrogen (secondary N) is 3. The molecule has 2 aromatic carbocycles. The van der Waals surface area contributed by atoms with Gasteiger partial charge in [-0.05, 0) is 49.1 Å². The van der Waals surface area contributed by atoms with E-state index in [4.69, 9.17) is 15.2 Å². The Hall–Kier alpha value is -5.47. The number of hydrogen-bond donors (Lipinski definition) is 6. The number of carboxylic acid groups (broad SMARTS) is 2. The van der Waals surface area contributed by atoms with Crippen molar-refractivity contribution in [2.45, 2.75) is 44.3 Å². The van der Waals surface area contributed by atoms with E-state index in [1.807, 2.05) is 20.8 Å². The van der Waals surface area contributed by atoms with E-state index in [9.17, 15) is 43.8 Å². The van der Waals surface area contributed by atoms with Gasteiger partial charge in [0.2, 0.25) is 11.8 Å². The number of rotatable bonds is 23. The van der Waals surface area contributed by atoms with E-state index in [1.165, 1.54) is 0 Å². The Kier molecular flexibility index (Phi) is 21.4. The summed E-state index contributed by atoms with van der Waals surface area (Å²) in [7, 11) is 0. The molecular formula is C39H56N8O11. The molecule has 1 fully saturated rings. The Balaban J connectivity index is 1.69. The minimum absolute atomic E-state index is 0.0413. The minimum Gasteiger partial charge on any atom is -0.480 e. The molecule has 2 aromatic rings. The number of benzene rings is 2. The van der Waals surface area contributed by atoms with E-state index in [0.717, 1.165) is 11.1 Å². The third kappa shape index (κ3) is 18.2. The van der Waals surface area contributed by atoms with Gasteiger partial charge in [0.15, 0.2) is 0 Å². The molecule has 3 rings (SSSR count). The number of carbonyl (C=O) groups excluding carboxylic acids is 5. The summed E-state index contributed by atoms with van der Waals surface area (Å²) in [5, 5.41) is 26.7. The van der Waals surface area contributed by atoms with Crippen LogP contribution in [0.25, 0.3) is 0 Å². The van der Waals surface area contributed by atoms with Crippen LogP contribution in [0.2, 0.25) is 0 Å². The summed E-state index contributed by atoms with van der Waals surface area (Å²) in [6.45, 7) is 4.84. The lowest BCUT2D eigenvalue weighted by Gasteiger charge is -2.33. The van der Waals surface area contributed by atoms with Crippen LogP contribution >= 0.6 is 0 Å². The Morgan fingerprint density at radius 3 is 1.81 bits per heavy atom. The fourth-order valence-corrected chi connectivity index (χ4v) is 6.22. The van der Waals surface area contributed by atoms with Gasteiger partial charge < -0.3 is 41.4 Å². The maximum absolute atomic E-state index is 13.5. The van der Waals surface area contributed by atoms with Gasteiger partial charge in [0, 0.05) is 70.9 Å². The van der Waals surface area contributed by atoms with Gasteiger partial charge >= 0.3 is 11.9 Å². The van der Waals surface area contributed by atoms with Crippen molar-refractivity contribution in [3.05, 3.63) is 71.3 Å². The molecule has 1 saturated heterocycles. The summed E-state index contributed by atoms with van der Waals surface area (Å²) in [6, 6.07) is 13.7. The third-order valence-electron chi connectivity index (χ3n) is 9.47. The molecule has 19 nitrogen and oxygen atoms in total. The van der Waals surface area contributed by atoms with Crippen LogP contribution in [0.15, 0.2) is 54.6 Å². The zero-order valence-corrected chi connectivity index (χ0v) is 32.7. The molecule has 0 aromatic heterocycles. The van der Waals surface area contributed by atoms with Crippen molar-refractivity contribution in [2.75, 3.05) is 85.5 Å². The van der Waals surface area contributed by atoms with Gasteiger partial charge in [-0.25, -0.2) is 4.79 Å². The monoisotopic (exact) mass is 812 g/mol. The largest absolute Gasteiger partial charge is 0.480 e. The summed E-state index contributed by atoms with van der Waals surface area (Å²) in [6.07, 6.45) is 1.44. The highest BCUT2D eigenvalue weighted by Gasteiger charge is 2.25. The standard InChI is InChI=1S/C39H56N8O11/c40-13-5-4-8-33(39(55)56)42-35(50)23-41-38(54)34(22-30-6-2-1-3-7-30)43-37(53)32-11-9-31(10-12-32)24-44-14-15-45(25-36(51)52)17-19-47(27-58-29-49)21-20-46(18-16-44)26-57-28-48/h1-3,6-7,9-12,28-29,33-34H,4-5,8,13-27,40H2,(H,41,54)(H,42,50)(H,43,53)(H,51,52)(H,55,56). The first-order valence-corrected chi connectivity index (χ1v) is 19.2. The molecule has 2 atom stereocenters. The molecule has 1 heterocycles. The van der Waals surface area contributed by atoms with Gasteiger partial charge in [0.1, 0.15) is 25.5 Å². The van der Waals surface area contributed by atoms with Crippen molar-refractivity contribution in [3.8, 4) is 0 Å². The number of nitrogens with two attached hydrogens (primary N) is 1. The van der Waals surface area contributed by atoms with E-state index in [0.29, 0.717) is 91.2 Å². The lowest BCUT2D eigenvalue weighted by Crippen LogP contribution is -2.51. The molecule has 3 amide bonds. The van der Waals surface area contributed by atoms with Gasteiger partial charge in [-0.2, -0.15) is 0 Å². The van der Waals surface area contributed by atoms with Crippen LogP contribution in [0.1, 0.15) is 40.7 Å². The average Bonchev–Trinajstić information content (AvgIpc) is 3.21. The second kappa shape index (κ2) is 26.4. The smallest absolute Gasteiger partial charge is 0.326 e. The van der Waals surface area contributed by atoms with Crippen LogP contribution in [0.5, 0.6) is 0 Å². The predicted octanol–water partition coefficient (Wildman–Crippen LogP) is -1.09. The van der Waals surface area contributed by atoms with E-state index in [-0.39, 0.29) is 38.4 Å². The fraction of sp³-hybridized carbons (Fsp3) is 0.513. The molecule has 318 valence electrons. The SMILES string of the molecule is NCCCCC(NC(=O)CNC(=O)C(Cc1ccccc1)NC(=O)c1ccc(CN2CCN(COC=O)CCN(COC=O)CCN(CC(=O)O)CC2)cc1)C(=O)O. The van der Waals surface area contributed by atoms with Crippen molar-refractivity contribution in [3.63, 3.8) is 0 Å². The average molecular weight is 813 g/mol. The van der Waals surface area contributed by atoms with E-state index in [2.05, 4.69) is 20.9 Å². The van der Waals surface area contributed by atoms with E-state index < -0.39 is 48.3 Å². The van der Waals surface area contributed by atoms with Gasteiger partial charge in [-0.15, -0.1) is 0 Å². The molecular weight excluding hydrogens is 756 g/mol. The topological polar surface area (TPSA) is 253 Å². The van der Waals surface area contributed by atoms with Gasteiger partial charge in [-0.1, -0.05) is 42.5 Å². The van der Waals surface area contributed by atoms with Crippen LogP contribution in [0, 0.1) is 0 Å². The molecule has 1 aliphatic rings. The Morgan fingerprint density at radius 1 is 0.707 bits per heavy atom. The fourth-order valence-electron chi connectivity index (χ4n) is 6.22. The quantitative estimate of drug-likeness (QED) is 0.0576. The summed E-state index contributed by atoms with van der Waals surface area (Å²) in [5.74, 6) is -3.99. The molecule has 1 aliphatic heterocycles. The second-order valence-electron chi connectivity index (χ2n) is 13.8. The molecule has 0 bridgehead atoms. The first-order valence-electron chi connectivity index (χ1n) is 19.2. The maximum Gasteiger partial charge on any atom is 0.326 e.